The highest BCUT2D eigenvalue weighted by Gasteiger charge is 2.63. The van der Waals surface area contributed by atoms with Crippen molar-refractivity contribution in [1.29, 1.82) is 0 Å². The topological polar surface area (TPSA) is 94.1 Å². The first-order valence-corrected chi connectivity index (χ1v) is 11.6. The van der Waals surface area contributed by atoms with Gasteiger partial charge in [0.1, 0.15) is 22.1 Å². The number of carbonyl (C=O) groups excluding carboxylic acids is 2. The first-order valence-electron chi connectivity index (χ1n) is 11.3. The zero-order chi connectivity index (χ0) is 24.2. The Morgan fingerprint density at radius 3 is 2.50 bits per heavy atom. The molecule has 8 heteroatoms. The monoisotopic (exact) mass is 483 g/mol. The number of Topliss-reactive ketones (excluding diaryl/α,β-unsaturated/α-hetero) is 2. The van der Waals surface area contributed by atoms with Crippen molar-refractivity contribution < 1.29 is 28.9 Å². The number of rotatable bonds is 4. The van der Waals surface area contributed by atoms with Crippen molar-refractivity contribution >= 4 is 23.2 Å². The number of methoxy groups -OCH3 is 2. The van der Waals surface area contributed by atoms with Gasteiger partial charge in [0.05, 0.1) is 20.8 Å². The number of aliphatic hydroxyl groups excluding tert-OH is 1. The second-order valence-corrected chi connectivity index (χ2v) is 9.39. The molecule has 2 aromatic carbocycles. The number of hydrogen-bond acceptors (Lipinski definition) is 7. The second kappa shape index (κ2) is 8.32. The van der Waals surface area contributed by atoms with Crippen LogP contribution in [0.15, 0.2) is 47.7 Å². The molecular formula is C26H26ClNO6. The fraction of sp³-hybridized carbons (Fsp3) is 0.385. The molecule has 4 atom stereocenters. The molecule has 0 unspecified atom stereocenters. The van der Waals surface area contributed by atoms with E-state index in [1.807, 2.05) is 37.3 Å². The Labute approximate surface area is 202 Å². The van der Waals surface area contributed by atoms with Crippen LogP contribution in [0.5, 0.6) is 17.2 Å². The van der Waals surface area contributed by atoms with E-state index in [1.54, 1.807) is 0 Å². The Morgan fingerprint density at radius 2 is 1.85 bits per heavy atom. The van der Waals surface area contributed by atoms with E-state index in [1.165, 1.54) is 20.3 Å². The maximum atomic E-state index is 14.3. The van der Waals surface area contributed by atoms with Crippen molar-refractivity contribution in [3.05, 3.63) is 63.8 Å². The van der Waals surface area contributed by atoms with Crippen molar-refractivity contribution in [2.45, 2.75) is 37.3 Å². The van der Waals surface area contributed by atoms with Gasteiger partial charge in [0.25, 0.3) is 0 Å². The van der Waals surface area contributed by atoms with Crippen molar-refractivity contribution in [3.63, 3.8) is 0 Å². The summed E-state index contributed by atoms with van der Waals surface area (Å²) >= 11 is 6.53. The predicted octanol–water partition coefficient (Wildman–Crippen LogP) is 3.67. The molecule has 0 amide bonds. The number of carbonyl (C=O) groups is 2. The van der Waals surface area contributed by atoms with Crippen LogP contribution >= 0.6 is 11.6 Å². The number of aliphatic hydroxyl groups is 1. The summed E-state index contributed by atoms with van der Waals surface area (Å²) in [5.41, 5.74) is 0.645. The van der Waals surface area contributed by atoms with Crippen LogP contribution in [0.3, 0.4) is 0 Å². The molecule has 0 saturated carbocycles. The van der Waals surface area contributed by atoms with E-state index in [0.717, 1.165) is 11.3 Å². The van der Waals surface area contributed by atoms with Gasteiger partial charge in [0.15, 0.2) is 5.75 Å². The van der Waals surface area contributed by atoms with E-state index in [2.05, 4.69) is 5.32 Å². The van der Waals surface area contributed by atoms with Crippen LogP contribution in [0.1, 0.15) is 41.6 Å². The summed E-state index contributed by atoms with van der Waals surface area (Å²) < 4.78 is 17.1. The minimum Gasteiger partial charge on any atom is -0.496 e. The van der Waals surface area contributed by atoms with Crippen LogP contribution in [0.25, 0.3) is 0 Å². The first kappa shape index (κ1) is 22.7. The Hall–Kier alpha value is -3.03. The lowest BCUT2D eigenvalue weighted by atomic mass is 9.65. The van der Waals surface area contributed by atoms with E-state index in [0.29, 0.717) is 24.2 Å². The van der Waals surface area contributed by atoms with Crippen molar-refractivity contribution in [1.82, 2.24) is 5.32 Å². The third kappa shape index (κ3) is 3.07. The van der Waals surface area contributed by atoms with Crippen LogP contribution < -0.4 is 19.5 Å². The second-order valence-electron chi connectivity index (χ2n) is 9.02. The molecule has 5 rings (SSSR count). The molecule has 2 N–H and O–H groups in total. The Morgan fingerprint density at radius 1 is 1.15 bits per heavy atom. The minimum atomic E-state index is -1.74. The van der Waals surface area contributed by atoms with Gasteiger partial charge in [-0.25, -0.2) is 0 Å². The summed E-state index contributed by atoms with van der Waals surface area (Å²) in [7, 11) is 2.90. The van der Waals surface area contributed by atoms with Crippen LogP contribution in [0.2, 0.25) is 5.02 Å². The average Bonchev–Trinajstić information content (AvgIpc) is 3.17. The van der Waals surface area contributed by atoms with Crippen LogP contribution in [0.4, 0.5) is 0 Å². The number of allylic oxidation sites excluding steroid dienone is 1. The molecule has 7 nitrogen and oxygen atoms in total. The summed E-state index contributed by atoms with van der Waals surface area (Å²) in [4.78, 5) is 28.3. The molecule has 178 valence electrons. The van der Waals surface area contributed by atoms with Gasteiger partial charge in [-0.1, -0.05) is 48.9 Å². The number of nitrogens with one attached hydrogen (secondary N) is 1. The molecule has 2 aliphatic heterocycles. The zero-order valence-electron chi connectivity index (χ0n) is 19.2. The lowest BCUT2D eigenvalue weighted by Crippen LogP contribution is -2.59. The number of hydrogen-bond donors (Lipinski definition) is 2. The van der Waals surface area contributed by atoms with Gasteiger partial charge in [-0.05, 0) is 18.4 Å². The van der Waals surface area contributed by atoms with E-state index in [4.69, 9.17) is 25.8 Å². The highest BCUT2D eigenvalue weighted by atomic mass is 35.5. The maximum absolute atomic E-state index is 14.3. The van der Waals surface area contributed by atoms with Gasteiger partial charge in [-0.2, -0.15) is 0 Å². The predicted molar refractivity (Wildman–Crippen MR) is 126 cm³/mol. The van der Waals surface area contributed by atoms with Crippen LogP contribution in [-0.2, 0) is 4.79 Å². The molecule has 2 heterocycles. The summed E-state index contributed by atoms with van der Waals surface area (Å²) in [6.07, 6.45) is 0.937. The molecule has 3 aliphatic rings. The van der Waals surface area contributed by atoms with Crippen molar-refractivity contribution in [3.8, 4) is 17.2 Å². The smallest absolute Gasteiger partial charge is 0.236 e. The largest absolute Gasteiger partial charge is 0.496 e. The Bertz CT molecular complexity index is 1210. The standard InChI is InChI=1S/C26H26ClNO6/c1-13-9-17-20(16(10-15(12-29)28-17)14-7-5-4-6-8-14)24(30)26(13)25(31)21-18(32-2)11-19(33-3)22(27)23(21)34-26/h4-8,11,13,15-16,28-29H,9-10,12H2,1-3H3/t13-,15+,16-,26+/m1/s1. The molecule has 0 aromatic heterocycles. The molecule has 2 aromatic rings. The molecule has 0 saturated heterocycles. The van der Waals surface area contributed by atoms with E-state index in [9.17, 15) is 14.7 Å². The SMILES string of the molecule is COc1cc(OC)c2c(c1Cl)O[C@@]1(C(=O)C3=C(C[C@H]1C)N[C@H](CO)C[C@@H]3c1ccccc1)C2=O. The minimum absolute atomic E-state index is 0.0543. The number of benzene rings is 2. The third-order valence-corrected chi connectivity index (χ3v) is 7.56. The quantitative estimate of drug-likeness (QED) is 0.641. The highest BCUT2D eigenvalue weighted by molar-refractivity contribution is 6.36. The molecule has 0 radical (unpaired) electrons. The van der Waals surface area contributed by atoms with E-state index >= 15 is 0 Å². The molecule has 1 aliphatic carbocycles. The fourth-order valence-electron chi connectivity index (χ4n) is 5.52. The molecule has 0 fully saturated rings. The van der Waals surface area contributed by atoms with Gasteiger partial charge in [-0.3, -0.25) is 9.59 Å². The van der Waals surface area contributed by atoms with E-state index < -0.39 is 17.3 Å². The number of ether oxygens (including phenoxy) is 3. The van der Waals surface area contributed by atoms with Crippen molar-refractivity contribution in [2.24, 2.45) is 5.92 Å². The molecular weight excluding hydrogens is 458 g/mol. The lowest BCUT2D eigenvalue weighted by Gasteiger charge is -2.44. The van der Waals surface area contributed by atoms with Gasteiger partial charge >= 0.3 is 0 Å². The third-order valence-electron chi connectivity index (χ3n) is 7.20. The Kier molecular flexibility index (Phi) is 5.57. The van der Waals surface area contributed by atoms with Crippen LogP contribution in [0, 0.1) is 5.92 Å². The first-order chi connectivity index (χ1) is 16.4. The molecule has 1 spiro atoms. The number of fused-ring (bicyclic) bond motifs is 1. The van der Waals surface area contributed by atoms with Crippen molar-refractivity contribution in [2.75, 3.05) is 20.8 Å². The summed E-state index contributed by atoms with van der Waals surface area (Å²) in [5, 5.41) is 13.4. The van der Waals surface area contributed by atoms with E-state index in [-0.39, 0.29) is 46.4 Å². The summed E-state index contributed by atoms with van der Waals surface area (Å²) in [5.74, 6) is -0.933. The van der Waals surface area contributed by atoms with Gasteiger partial charge in [0, 0.05) is 35.2 Å². The van der Waals surface area contributed by atoms with Gasteiger partial charge in [0.2, 0.25) is 17.2 Å². The maximum Gasteiger partial charge on any atom is 0.236 e. The molecule has 34 heavy (non-hydrogen) atoms. The summed E-state index contributed by atoms with van der Waals surface area (Å²) in [6.45, 7) is 1.77. The summed E-state index contributed by atoms with van der Waals surface area (Å²) in [6, 6.07) is 11.0. The normalized spacial score (nSPS) is 27.7. The number of halogens is 1. The fourth-order valence-corrected chi connectivity index (χ4v) is 5.78. The Balaban J connectivity index is 1.66. The van der Waals surface area contributed by atoms with Gasteiger partial charge in [-0.15, -0.1) is 0 Å². The molecule has 0 bridgehead atoms. The zero-order valence-corrected chi connectivity index (χ0v) is 19.9. The number of ketones is 2. The lowest BCUT2D eigenvalue weighted by molar-refractivity contribution is -0.131. The average molecular weight is 484 g/mol. The van der Waals surface area contributed by atoms with Crippen LogP contribution in [-0.4, -0.2) is 49.1 Å². The highest BCUT2D eigenvalue weighted by Crippen LogP contribution is 2.55. The van der Waals surface area contributed by atoms with Gasteiger partial charge < -0.3 is 24.6 Å².